The van der Waals surface area contributed by atoms with Crippen molar-refractivity contribution < 1.29 is 14.6 Å². The molecular formula is C10H12N2O3S. The summed E-state index contributed by atoms with van der Waals surface area (Å²) in [6, 6.07) is 7.22. The molecule has 0 amide bonds. The van der Waals surface area contributed by atoms with Crippen molar-refractivity contribution in [2.24, 2.45) is 0 Å². The maximum absolute atomic E-state index is 10.3. The average molecular weight is 240 g/mol. The van der Waals surface area contributed by atoms with Gasteiger partial charge in [0.2, 0.25) is 0 Å². The van der Waals surface area contributed by atoms with Gasteiger partial charge in [-0.3, -0.25) is 4.79 Å². The molecule has 0 saturated heterocycles. The Balaban J connectivity index is 2.58. The number of carboxylic acid groups (broad SMARTS) is 1. The van der Waals surface area contributed by atoms with Gasteiger partial charge in [-0.1, -0.05) is 12.1 Å². The summed E-state index contributed by atoms with van der Waals surface area (Å²) in [6.07, 6.45) is 0. The van der Waals surface area contributed by atoms with E-state index in [-0.39, 0.29) is 11.7 Å². The lowest BCUT2D eigenvalue weighted by atomic mass is 10.3. The number of thiocarbonyl (C=S) groups is 1. The lowest BCUT2D eigenvalue weighted by molar-refractivity contribution is -0.135. The van der Waals surface area contributed by atoms with E-state index in [0.29, 0.717) is 11.4 Å². The van der Waals surface area contributed by atoms with Crippen LogP contribution in [0.2, 0.25) is 0 Å². The van der Waals surface area contributed by atoms with Crippen molar-refractivity contribution in [2.75, 3.05) is 19.0 Å². The zero-order valence-electron chi connectivity index (χ0n) is 8.69. The van der Waals surface area contributed by atoms with Crippen LogP contribution < -0.4 is 15.4 Å². The molecule has 0 fully saturated rings. The minimum Gasteiger partial charge on any atom is -0.495 e. The molecule has 16 heavy (non-hydrogen) atoms. The first-order valence-electron chi connectivity index (χ1n) is 4.53. The van der Waals surface area contributed by atoms with E-state index < -0.39 is 5.97 Å². The first-order chi connectivity index (χ1) is 7.63. The van der Waals surface area contributed by atoms with Crippen molar-refractivity contribution in [1.82, 2.24) is 5.32 Å². The van der Waals surface area contributed by atoms with Crippen molar-refractivity contribution in [1.29, 1.82) is 0 Å². The molecule has 0 saturated carbocycles. The Morgan fingerprint density at radius 2 is 2.19 bits per heavy atom. The maximum atomic E-state index is 10.3. The van der Waals surface area contributed by atoms with Crippen LogP contribution in [0.3, 0.4) is 0 Å². The summed E-state index contributed by atoms with van der Waals surface area (Å²) in [7, 11) is 1.55. The molecule has 0 aliphatic carbocycles. The summed E-state index contributed by atoms with van der Waals surface area (Å²) >= 11 is 4.92. The monoisotopic (exact) mass is 240 g/mol. The third-order valence-corrected chi connectivity index (χ3v) is 2.00. The van der Waals surface area contributed by atoms with Crippen LogP contribution >= 0.6 is 12.2 Å². The molecule has 0 aliphatic rings. The molecule has 0 bridgehead atoms. The summed E-state index contributed by atoms with van der Waals surface area (Å²) in [5.74, 6) is -0.328. The van der Waals surface area contributed by atoms with E-state index in [1.165, 1.54) is 0 Å². The van der Waals surface area contributed by atoms with Gasteiger partial charge in [0.05, 0.1) is 12.8 Å². The zero-order chi connectivity index (χ0) is 12.0. The summed E-state index contributed by atoms with van der Waals surface area (Å²) in [5, 5.41) is 14.1. The number of hydrogen-bond donors (Lipinski definition) is 3. The van der Waals surface area contributed by atoms with Crippen LogP contribution in [0.5, 0.6) is 5.75 Å². The van der Waals surface area contributed by atoms with Gasteiger partial charge in [0.15, 0.2) is 5.11 Å². The predicted octanol–water partition coefficient (Wildman–Crippen LogP) is 1.07. The van der Waals surface area contributed by atoms with E-state index in [0.717, 1.165) is 0 Å². The molecule has 0 heterocycles. The van der Waals surface area contributed by atoms with Crippen LogP contribution in [0.25, 0.3) is 0 Å². The number of aliphatic carboxylic acids is 1. The number of carbonyl (C=O) groups is 1. The number of benzene rings is 1. The average Bonchev–Trinajstić information content (AvgIpc) is 2.27. The third kappa shape index (κ3) is 3.74. The van der Waals surface area contributed by atoms with Crippen molar-refractivity contribution >= 4 is 29.0 Å². The molecule has 0 atom stereocenters. The van der Waals surface area contributed by atoms with Crippen LogP contribution in [0, 0.1) is 0 Å². The highest BCUT2D eigenvalue weighted by molar-refractivity contribution is 7.80. The smallest absolute Gasteiger partial charge is 0.322 e. The van der Waals surface area contributed by atoms with Crippen molar-refractivity contribution in [3.8, 4) is 5.75 Å². The van der Waals surface area contributed by atoms with Crippen molar-refractivity contribution in [2.45, 2.75) is 0 Å². The van der Waals surface area contributed by atoms with Gasteiger partial charge in [0, 0.05) is 0 Å². The van der Waals surface area contributed by atoms with Gasteiger partial charge in [-0.2, -0.15) is 0 Å². The second kappa shape index (κ2) is 5.92. The fraction of sp³-hybridized carbons (Fsp3) is 0.200. The summed E-state index contributed by atoms with van der Waals surface area (Å²) in [6.45, 7) is -0.221. The Morgan fingerprint density at radius 3 is 2.81 bits per heavy atom. The van der Waals surface area contributed by atoms with Gasteiger partial charge >= 0.3 is 5.97 Å². The minimum absolute atomic E-state index is 0.221. The molecule has 1 aromatic carbocycles. The number of ether oxygens (including phenoxy) is 1. The van der Waals surface area contributed by atoms with Gasteiger partial charge < -0.3 is 20.5 Å². The molecule has 86 valence electrons. The standard InChI is InChI=1S/C10H12N2O3S/c1-15-8-5-3-2-4-7(8)12-10(16)11-6-9(13)14/h2-5H,6H2,1H3,(H,13,14)(H2,11,12,16). The van der Waals surface area contributed by atoms with E-state index in [1.807, 2.05) is 12.1 Å². The highest BCUT2D eigenvalue weighted by Crippen LogP contribution is 2.22. The van der Waals surface area contributed by atoms with Crippen LogP contribution in [-0.4, -0.2) is 29.8 Å². The van der Waals surface area contributed by atoms with E-state index in [1.54, 1.807) is 19.2 Å². The SMILES string of the molecule is COc1ccccc1NC(=S)NCC(=O)O. The Kier molecular flexibility index (Phi) is 4.53. The normalized spacial score (nSPS) is 9.31. The highest BCUT2D eigenvalue weighted by Gasteiger charge is 2.04. The molecule has 0 radical (unpaired) electrons. The number of methoxy groups -OCH3 is 1. The number of rotatable bonds is 4. The first-order valence-corrected chi connectivity index (χ1v) is 4.94. The van der Waals surface area contributed by atoms with Crippen molar-refractivity contribution in [3.63, 3.8) is 0 Å². The fourth-order valence-electron chi connectivity index (χ4n) is 1.07. The summed E-state index contributed by atoms with van der Waals surface area (Å²) < 4.78 is 5.11. The van der Waals surface area contributed by atoms with Gasteiger partial charge in [0.25, 0.3) is 0 Å². The molecule has 0 aliphatic heterocycles. The lowest BCUT2D eigenvalue weighted by Gasteiger charge is -2.11. The number of hydrogen-bond acceptors (Lipinski definition) is 3. The lowest BCUT2D eigenvalue weighted by Crippen LogP contribution is -2.32. The minimum atomic E-state index is -0.968. The van der Waals surface area contributed by atoms with E-state index in [9.17, 15) is 4.79 Å². The molecule has 3 N–H and O–H groups in total. The number of nitrogens with one attached hydrogen (secondary N) is 2. The van der Waals surface area contributed by atoms with Gasteiger partial charge in [-0.25, -0.2) is 0 Å². The van der Waals surface area contributed by atoms with Crippen LogP contribution in [0.1, 0.15) is 0 Å². The second-order valence-electron chi connectivity index (χ2n) is 2.90. The Morgan fingerprint density at radius 1 is 1.50 bits per heavy atom. The molecule has 0 aromatic heterocycles. The van der Waals surface area contributed by atoms with E-state index >= 15 is 0 Å². The second-order valence-corrected chi connectivity index (χ2v) is 3.31. The third-order valence-electron chi connectivity index (χ3n) is 1.76. The number of anilines is 1. The molecule has 5 nitrogen and oxygen atoms in total. The van der Waals surface area contributed by atoms with Gasteiger partial charge in [-0.15, -0.1) is 0 Å². The van der Waals surface area contributed by atoms with Crippen LogP contribution in [-0.2, 0) is 4.79 Å². The molecule has 0 unspecified atom stereocenters. The van der Waals surface area contributed by atoms with E-state index in [2.05, 4.69) is 10.6 Å². The van der Waals surface area contributed by atoms with Crippen LogP contribution in [0.4, 0.5) is 5.69 Å². The number of para-hydroxylation sites is 2. The number of carboxylic acids is 1. The zero-order valence-corrected chi connectivity index (χ0v) is 9.50. The predicted molar refractivity (Wildman–Crippen MR) is 64.9 cm³/mol. The quantitative estimate of drug-likeness (QED) is 0.684. The van der Waals surface area contributed by atoms with Crippen molar-refractivity contribution in [3.05, 3.63) is 24.3 Å². The Bertz CT molecular complexity index is 395. The topological polar surface area (TPSA) is 70.6 Å². The first kappa shape index (κ1) is 12.3. The molecule has 0 spiro atoms. The molecule has 6 heteroatoms. The molecule has 1 rings (SSSR count). The van der Waals surface area contributed by atoms with E-state index in [4.69, 9.17) is 22.1 Å². The Hall–Kier alpha value is -1.82. The van der Waals surface area contributed by atoms with Crippen LogP contribution in [0.15, 0.2) is 24.3 Å². The highest BCUT2D eigenvalue weighted by atomic mass is 32.1. The summed E-state index contributed by atoms with van der Waals surface area (Å²) in [5.41, 5.74) is 0.688. The van der Waals surface area contributed by atoms with Gasteiger partial charge in [-0.05, 0) is 24.4 Å². The van der Waals surface area contributed by atoms with Gasteiger partial charge in [0.1, 0.15) is 12.3 Å². The summed E-state index contributed by atoms with van der Waals surface area (Å²) in [4.78, 5) is 10.3. The molecule has 1 aromatic rings. The fourth-order valence-corrected chi connectivity index (χ4v) is 1.25. The molecular weight excluding hydrogens is 228 g/mol. The maximum Gasteiger partial charge on any atom is 0.322 e. The largest absolute Gasteiger partial charge is 0.495 e. The Labute approximate surface area is 98.4 Å².